The van der Waals surface area contributed by atoms with E-state index in [0.717, 1.165) is 38.1 Å². The van der Waals surface area contributed by atoms with Gasteiger partial charge in [-0.15, -0.1) is 0 Å². The minimum Gasteiger partial charge on any atom is -0.448 e. The molecule has 0 amide bonds. The molecule has 3 aromatic carbocycles. The zero-order valence-corrected chi connectivity index (χ0v) is 20.3. The quantitative estimate of drug-likeness (QED) is 0.394. The maximum atomic E-state index is 13.7. The Morgan fingerprint density at radius 2 is 1.69 bits per heavy atom. The van der Waals surface area contributed by atoms with Crippen LogP contribution in [-0.2, 0) is 27.5 Å². The van der Waals surface area contributed by atoms with Crippen LogP contribution in [0.3, 0.4) is 0 Å². The predicted octanol–water partition coefficient (Wildman–Crippen LogP) is 6.16. The molecule has 0 aromatic heterocycles. The van der Waals surface area contributed by atoms with Crippen LogP contribution < -0.4 is 5.32 Å². The lowest BCUT2D eigenvalue weighted by Gasteiger charge is -2.38. The summed E-state index contributed by atoms with van der Waals surface area (Å²) in [5.74, 6) is -0.583. The lowest BCUT2D eigenvalue weighted by Crippen LogP contribution is -2.43. The standard InChI is InChI=1S/C27H27F3NO3P/c28-27(29,30)24-14-19(13-22(16-24)20-5-4-6-21(15-20)25(32)34-35)17-33-18-26(9-11-31-12-10-26)23-7-2-1-3-8-23/h1-8,13-16,31H,9-12,17-18,35H2. The van der Waals surface area contributed by atoms with E-state index in [4.69, 9.17) is 4.74 Å². The van der Waals surface area contributed by atoms with Crippen molar-refractivity contribution in [2.75, 3.05) is 19.7 Å². The van der Waals surface area contributed by atoms with Gasteiger partial charge in [-0.1, -0.05) is 42.5 Å². The summed E-state index contributed by atoms with van der Waals surface area (Å²) in [5, 5.41) is 3.37. The molecular formula is C27H27F3NO3P. The highest BCUT2D eigenvalue weighted by molar-refractivity contribution is 7.10. The maximum Gasteiger partial charge on any atom is 0.416 e. The van der Waals surface area contributed by atoms with E-state index < -0.39 is 17.7 Å². The van der Waals surface area contributed by atoms with Crippen molar-refractivity contribution in [2.24, 2.45) is 0 Å². The molecule has 35 heavy (non-hydrogen) atoms. The molecule has 0 bridgehead atoms. The number of hydrogen-bond acceptors (Lipinski definition) is 4. The lowest BCUT2D eigenvalue weighted by molar-refractivity contribution is -0.137. The van der Waals surface area contributed by atoms with Crippen molar-refractivity contribution in [1.82, 2.24) is 5.32 Å². The van der Waals surface area contributed by atoms with Gasteiger partial charge in [0.1, 0.15) is 0 Å². The van der Waals surface area contributed by atoms with Crippen LogP contribution in [0.5, 0.6) is 0 Å². The second-order valence-corrected chi connectivity index (χ2v) is 9.03. The van der Waals surface area contributed by atoms with Crippen molar-refractivity contribution in [1.29, 1.82) is 0 Å². The summed E-state index contributed by atoms with van der Waals surface area (Å²) in [6, 6.07) is 20.4. The molecule has 0 spiro atoms. The molecule has 1 atom stereocenters. The minimum absolute atomic E-state index is 0.0479. The maximum absolute atomic E-state index is 13.7. The Bertz CT molecular complexity index is 1160. The van der Waals surface area contributed by atoms with Gasteiger partial charge in [-0.25, -0.2) is 4.79 Å². The first-order valence-corrected chi connectivity index (χ1v) is 11.8. The molecular weight excluding hydrogens is 474 g/mol. The monoisotopic (exact) mass is 501 g/mol. The summed E-state index contributed by atoms with van der Waals surface area (Å²) in [6.07, 6.45) is -2.73. The van der Waals surface area contributed by atoms with Crippen LogP contribution in [0.4, 0.5) is 13.2 Å². The first-order chi connectivity index (χ1) is 16.8. The van der Waals surface area contributed by atoms with Crippen molar-refractivity contribution >= 4 is 15.4 Å². The Morgan fingerprint density at radius 3 is 2.37 bits per heavy atom. The number of carbonyl (C=O) groups excluding carboxylic acids is 1. The van der Waals surface area contributed by atoms with Gasteiger partial charge in [0, 0.05) is 5.41 Å². The molecule has 1 aliphatic rings. The van der Waals surface area contributed by atoms with Gasteiger partial charge in [-0.3, -0.25) is 0 Å². The van der Waals surface area contributed by atoms with Crippen LogP contribution in [0.15, 0.2) is 72.8 Å². The Kier molecular flexibility index (Phi) is 7.90. The summed E-state index contributed by atoms with van der Waals surface area (Å²) in [7, 11) is 1.88. The molecule has 184 valence electrons. The van der Waals surface area contributed by atoms with Crippen molar-refractivity contribution in [2.45, 2.75) is 31.0 Å². The van der Waals surface area contributed by atoms with E-state index >= 15 is 0 Å². The van der Waals surface area contributed by atoms with Crippen LogP contribution in [0.2, 0.25) is 0 Å². The number of alkyl halides is 3. The fraction of sp³-hybridized carbons (Fsp3) is 0.296. The van der Waals surface area contributed by atoms with Gasteiger partial charge in [0.15, 0.2) is 0 Å². The Labute approximate surface area is 205 Å². The summed E-state index contributed by atoms with van der Waals surface area (Å²) >= 11 is 0. The molecule has 0 saturated carbocycles. The van der Waals surface area contributed by atoms with Gasteiger partial charge in [-0.05, 0) is 78.5 Å². The number of carbonyl (C=O) groups is 1. The summed E-state index contributed by atoms with van der Waals surface area (Å²) < 4.78 is 51.8. The molecule has 0 radical (unpaired) electrons. The van der Waals surface area contributed by atoms with Gasteiger partial charge in [0.2, 0.25) is 0 Å². The number of rotatable bonds is 7. The topological polar surface area (TPSA) is 47.6 Å². The van der Waals surface area contributed by atoms with Crippen molar-refractivity contribution in [3.63, 3.8) is 0 Å². The minimum atomic E-state index is -4.51. The Balaban J connectivity index is 1.59. The molecule has 3 aromatic rings. The average Bonchev–Trinajstić information content (AvgIpc) is 2.88. The average molecular weight is 501 g/mol. The molecule has 1 saturated heterocycles. The van der Waals surface area contributed by atoms with E-state index in [-0.39, 0.29) is 17.6 Å². The van der Waals surface area contributed by atoms with Crippen molar-refractivity contribution in [3.8, 4) is 11.1 Å². The highest BCUT2D eigenvalue weighted by Crippen LogP contribution is 2.36. The first kappa shape index (κ1) is 25.4. The second kappa shape index (κ2) is 10.9. The number of halogens is 3. The van der Waals surface area contributed by atoms with E-state index in [1.54, 1.807) is 24.3 Å². The molecule has 1 fully saturated rings. The first-order valence-electron chi connectivity index (χ1n) is 11.4. The summed E-state index contributed by atoms with van der Waals surface area (Å²) in [5.41, 5.74) is 1.77. The number of benzene rings is 3. The summed E-state index contributed by atoms with van der Waals surface area (Å²) in [6.45, 7) is 2.19. The molecule has 0 aliphatic carbocycles. The zero-order chi connectivity index (χ0) is 24.9. The fourth-order valence-electron chi connectivity index (χ4n) is 4.58. The zero-order valence-electron chi connectivity index (χ0n) is 19.1. The number of nitrogens with one attached hydrogen (secondary N) is 1. The highest BCUT2D eigenvalue weighted by Gasteiger charge is 2.34. The summed E-state index contributed by atoms with van der Waals surface area (Å²) in [4.78, 5) is 11.9. The van der Waals surface area contributed by atoms with Gasteiger partial charge in [0.25, 0.3) is 0 Å². The molecule has 1 heterocycles. The van der Waals surface area contributed by atoms with E-state index in [1.807, 2.05) is 27.7 Å². The Morgan fingerprint density at radius 1 is 0.943 bits per heavy atom. The van der Waals surface area contributed by atoms with Gasteiger partial charge >= 0.3 is 12.1 Å². The van der Waals surface area contributed by atoms with Crippen molar-refractivity contribution < 1.29 is 27.2 Å². The Hall–Kier alpha value is -2.73. The van der Waals surface area contributed by atoms with Crippen LogP contribution >= 0.6 is 9.47 Å². The number of ether oxygens (including phenoxy) is 1. The molecule has 4 rings (SSSR count). The molecule has 1 N–H and O–H groups in total. The predicted molar refractivity (Wildman–Crippen MR) is 132 cm³/mol. The van der Waals surface area contributed by atoms with Crippen LogP contribution in [-0.4, -0.2) is 25.7 Å². The molecule has 1 aliphatic heterocycles. The van der Waals surface area contributed by atoms with Crippen molar-refractivity contribution in [3.05, 3.63) is 95.1 Å². The molecule has 4 nitrogen and oxygen atoms in total. The highest BCUT2D eigenvalue weighted by atomic mass is 31.0. The van der Waals surface area contributed by atoms with Crippen LogP contribution in [0, 0.1) is 0 Å². The van der Waals surface area contributed by atoms with Gasteiger partial charge in [-0.2, -0.15) is 13.2 Å². The number of hydrogen-bond donors (Lipinski definition) is 1. The third-order valence-corrected chi connectivity index (χ3v) is 6.67. The second-order valence-electron chi connectivity index (χ2n) is 8.79. The van der Waals surface area contributed by atoms with Crippen LogP contribution in [0.25, 0.3) is 11.1 Å². The lowest BCUT2D eigenvalue weighted by atomic mass is 9.74. The van der Waals surface area contributed by atoms with E-state index in [9.17, 15) is 18.0 Å². The third-order valence-electron chi connectivity index (χ3n) is 6.45. The molecule has 8 heteroatoms. The normalized spacial score (nSPS) is 15.5. The van der Waals surface area contributed by atoms with Gasteiger partial charge < -0.3 is 14.6 Å². The SMILES string of the molecule is O=C(OP)c1cccc(-c2cc(COCC3(c4ccccc4)CCNCC3)cc(C(F)(F)F)c2)c1. The number of piperidine rings is 1. The van der Waals surface area contributed by atoms with E-state index in [2.05, 4.69) is 22.0 Å². The largest absolute Gasteiger partial charge is 0.448 e. The molecule has 1 unspecified atom stereocenters. The fourth-order valence-corrected chi connectivity index (χ4v) is 4.71. The third kappa shape index (κ3) is 6.10. The van der Waals surface area contributed by atoms with Crippen LogP contribution in [0.1, 0.15) is 39.9 Å². The van der Waals surface area contributed by atoms with Gasteiger partial charge in [0.05, 0.1) is 33.8 Å². The smallest absolute Gasteiger partial charge is 0.416 e. The van der Waals surface area contributed by atoms with E-state index in [0.29, 0.717) is 23.3 Å². The van der Waals surface area contributed by atoms with E-state index in [1.165, 1.54) is 11.6 Å².